The molecular weight excluding hydrogens is 462 g/mol. The number of hydrogen-bond acceptors (Lipinski definition) is 5. The molecule has 10 atom stereocenters. The second kappa shape index (κ2) is 10.4. The van der Waals surface area contributed by atoms with E-state index in [1.165, 1.54) is 45.4 Å². The van der Waals surface area contributed by atoms with Crippen LogP contribution in [0, 0.1) is 46.3 Å². The highest BCUT2D eigenvalue weighted by atomic mass is 16.5. The molecule has 4 aliphatic carbocycles. The Morgan fingerprint density at radius 3 is 2.30 bits per heavy atom. The minimum absolute atomic E-state index is 0.296. The topological polar surface area (TPSA) is 70.0 Å². The minimum atomic E-state index is -1.26. The number of fused-ring (bicyclic) bond motifs is 5. The van der Waals surface area contributed by atoms with Crippen LogP contribution < -0.4 is 0 Å². The van der Waals surface area contributed by atoms with Crippen molar-refractivity contribution in [2.24, 2.45) is 46.3 Å². The first-order valence-electron chi connectivity index (χ1n) is 15.4. The van der Waals surface area contributed by atoms with Gasteiger partial charge in [-0.25, -0.2) is 0 Å². The van der Waals surface area contributed by atoms with Gasteiger partial charge in [0.1, 0.15) is 17.3 Å². The first kappa shape index (κ1) is 29.3. The maximum atomic E-state index is 12.6. The van der Waals surface area contributed by atoms with Gasteiger partial charge in [0.2, 0.25) is 0 Å². The van der Waals surface area contributed by atoms with Gasteiger partial charge in [-0.1, -0.05) is 53.9 Å². The minimum Gasteiger partial charge on any atom is -0.462 e. The molecule has 37 heavy (non-hydrogen) atoms. The molecule has 0 spiro atoms. The van der Waals surface area contributed by atoms with E-state index in [0.29, 0.717) is 42.6 Å². The zero-order valence-electron chi connectivity index (χ0n) is 25.2. The summed E-state index contributed by atoms with van der Waals surface area (Å²) in [6.07, 6.45) is 11.2. The fraction of sp³-hybridized carbons (Fsp3) is 0.969. The summed E-state index contributed by atoms with van der Waals surface area (Å²) in [6.45, 7) is 13.9. The molecule has 5 nitrogen and oxygen atoms in total. The van der Waals surface area contributed by atoms with Crippen LogP contribution in [0.5, 0.6) is 0 Å². The lowest BCUT2D eigenvalue weighted by atomic mass is 9.39. The molecule has 0 amide bonds. The summed E-state index contributed by atoms with van der Waals surface area (Å²) >= 11 is 0. The molecule has 0 aromatic carbocycles. The van der Waals surface area contributed by atoms with Gasteiger partial charge >= 0.3 is 5.97 Å². The normalized spacial score (nSPS) is 46.3. The van der Waals surface area contributed by atoms with E-state index in [0.717, 1.165) is 37.0 Å². The van der Waals surface area contributed by atoms with Crippen molar-refractivity contribution < 1.29 is 19.7 Å². The van der Waals surface area contributed by atoms with Crippen LogP contribution in [0.1, 0.15) is 112 Å². The number of carbonyl (C=O) groups is 1. The molecule has 4 saturated carbocycles. The Kier molecular flexibility index (Phi) is 8.24. The maximum absolute atomic E-state index is 12.6. The SMILES string of the molecule is CC(=O)OC1CC[C@]2(C)[C@H]3CC[C@]4(C)[C@@H]([C@H](C)CCCC(C)C)CC[C@H]4[C@@H]3CC(O)(CN(C)C)C2(O)C1. The Balaban J connectivity index is 1.63. The van der Waals surface area contributed by atoms with Crippen LogP contribution in [-0.2, 0) is 9.53 Å². The van der Waals surface area contributed by atoms with Gasteiger partial charge in [-0.05, 0) is 100.0 Å². The first-order chi connectivity index (χ1) is 17.2. The largest absolute Gasteiger partial charge is 0.462 e. The molecule has 0 aromatic heterocycles. The average molecular weight is 520 g/mol. The number of rotatable bonds is 8. The molecule has 0 aliphatic heterocycles. The molecule has 0 radical (unpaired) electrons. The zero-order chi connectivity index (χ0) is 27.4. The van der Waals surface area contributed by atoms with Crippen LogP contribution in [0.15, 0.2) is 0 Å². The lowest BCUT2D eigenvalue weighted by Crippen LogP contribution is -2.76. The first-order valence-corrected chi connectivity index (χ1v) is 15.4. The lowest BCUT2D eigenvalue weighted by Gasteiger charge is -2.69. The number of ether oxygens (including phenoxy) is 1. The summed E-state index contributed by atoms with van der Waals surface area (Å²) in [4.78, 5) is 13.8. The van der Waals surface area contributed by atoms with Gasteiger partial charge in [0.25, 0.3) is 0 Å². The number of esters is 1. The Bertz CT molecular complexity index is 830. The number of nitrogens with zero attached hydrogens (tertiary/aromatic N) is 1. The fourth-order valence-corrected chi connectivity index (χ4v) is 10.5. The van der Waals surface area contributed by atoms with Crippen LogP contribution in [0.2, 0.25) is 0 Å². The Hall–Kier alpha value is -0.650. The van der Waals surface area contributed by atoms with Gasteiger partial charge in [0.05, 0.1) is 0 Å². The fourth-order valence-electron chi connectivity index (χ4n) is 10.5. The number of hydrogen-bond donors (Lipinski definition) is 2. The monoisotopic (exact) mass is 519 g/mol. The van der Waals surface area contributed by atoms with Crippen LogP contribution in [-0.4, -0.2) is 59.0 Å². The molecule has 0 heterocycles. The van der Waals surface area contributed by atoms with Gasteiger partial charge < -0.3 is 19.8 Å². The second-order valence-electron chi connectivity index (χ2n) is 15.1. The Labute approximate surface area is 227 Å². The third-order valence-electron chi connectivity index (χ3n) is 12.2. The van der Waals surface area contributed by atoms with E-state index in [-0.39, 0.29) is 17.5 Å². The molecule has 0 aromatic rings. The molecule has 4 aliphatic rings. The van der Waals surface area contributed by atoms with Crippen molar-refractivity contribution in [3.05, 3.63) is 0 Å². The predicted octanol–water partition coefficient (Wildman–Crippen LogP) is 6.06. The van der Waals surface area contributed by atoms with Crippen molar-refractivity contribution in [2.75, 3.05) is 20.6 Å². The van der Waals surface area contributed by atoms with E-state index in [1.54, 1.807) is 0 Å². The Morgan fingerprint density at radius 2 is 1.68 bits per heavy atom. The molecule has 5 heteroatoms. The highest BCUT2D eigenvalue weighted by Gasteiger charge is 2.72. The van der Waals surface area contributed by atoms with E-state index < -0.39 is 11.2 Å². The number of likely N-dealkylation sites (N-methyl/N-ethyl adjacent to an activating group) is 1. The van der Waals surface area contributed by atoms with Crippen molar-refractivity contribution in [2.45, 2.75) is 129 Å². The Morgan fingerprint density at radius 1 is 0.973 bits per heavy atom. The number of aliphatic hydroxyl groups is 2. The van der Waals surface area contributed by atoms with Gasteiger partial charge in [-0.3, -0.25) is 4.79 Å². The third-order valence-corrected chi connectivity index (χ3v) is 12.2. The third kappa shape index (κ3) is 4.92. The second-order valence-corrected chi connectivity index (χ2v) is 15.1. The van der Waals surface area contributed by atoms with Crippen LogP contribution in [0.25, 0.3) is 0 Å². The predicted molar refractivity (Wildman–Crippen MR) is 149 cm³/mol. The summed E-state index contributed by atoms with van der Waals surface area (Å²) in [6, 6.07) is 0. The van der Waals surface area contributed by atoms with Gasteiger partial charge in [-0.2, -0.15) is 0 Å². The molecular formula is C32H57NO4. The van der Waals surface area contributed by atoms with E-state index >= 15 is 0 Å². The van der Waals surface area contributed by atoms with Crippen molar-refractivity contribution in [3.63, 3.8) is 0 Å². The summed E-state index contributed by atoms with van der Waals surface area (Å²) in [5, 5.41) is 25.0. The van der Waals surface area contributed by atoms with Crippen molar-refractivity contribution in [1.82, 2.24) is 4.90 Å². The zero-order valence-corrected chi connectivity index (χ0v) is 25.2. The molecule has 214 valence electrons. The van der Waals surface area contributed by atoms with E-state index in [1.807, 2.05) is 19.0 Å². The van der Waals surface area contributed by atoms with Crippen molar-refractivity contribution >= 4 is 5.97 Å². The highest BCUT2D eigenvalue weighted by molar-refractivity contribution is 5.66. The van der Waals surface area contributed by atoms with E-state index in [2.05, 4.69) is 34.6 Å². The van der Waals surface area contributed by atoms with Crippen molar-refractivity contribution in [1.29, 1.82) is 0 Å². The summed E-state index contributed by atoms with van der Waals surface area (Å²) in [5.41, 5.74) is -2.53. The average Bonchev–Trinajstić information content (AvgIpc) is 3.12. The van der Waals surface area contributed by atoms with E-state index in [9.17, 15) is 15.0 Å². The van der Waals surface area contributed by atoms with Crippen LogP contribution in [0.3, 0.4) is 0 Å². The molecule has 2 N–H and O–H groups in total. The molecule has 0 saturated heterocycles. The standard InChI is InChI=1S/C32H57NO4/c1-21(2)10-9-11-22(3)26-12-13-27-25-19-31(35,20-33(7)8)32(36)18-24(37-23(4)34)14-17-30(32,6)28(25)15-16-29(26,27)5/h21-22,24-28,35-36H,9-20H2,1-8H3/t22-,24?,25+,26-,27+,28+,29-,30-,31?,32?/m1/s1. The molecule has 3 unspecified atom stereocenters. The number of carbonyl (C=O) groups excluding carboxylic acids is 1. The van der Waals surface area contributed by atoms with Crippen LogP contribution >= 0.6 is 0 Å². The van der Waals surface area contributed by atoms with Gasteiger partial charge in [0.15, 0.2) is 0 Å². The van der Waals surface area contributed by atoms with E-state index in [4.69, 9.17) is 4.74 Å². The smallest absolute Gasteiger partial charge is 0.302 e. The summed E-state index contributed by atoms with van der Waals surface area (Å²) < 4.78 is 5.63. The van der Waals surface area contributed by atoms with Gasteiger partial charge in [-0.15, -0.1) is 0 Å². The quantitative estimate of drug-likeness (QED) is 0.382. The molecule has 4 fully saturated rings. The van der Waals surface area contributed by atoms with Crippen molar-refractivity contribution in [3.8, 4) is 0 Å². The highest BCUT2D eigenvalue weighted by Crippen LogP contribution is 2.71. The summed E-state index contributed by atoms with van der Waals surface area (Å²) in [5.74, 6) is 3.46. The lowest BCUT2D eigenvalue weighted by molar-refractivity contribution is -0.309. The molecule has 4 rings (SSSR count). The summed E-state index contributed by atoms with van der Waals surface area (Å²) in [7, 11) is 3.99. The van der Waals surface area contributed by atoms with Gasteiger partial charge in [0, 0.05) is 25.3 Å². The van der Waals surface area contributed by atoms with Crippen LogP contribution in [0.4, 0.5) is 0 Å². The molecule has 0 bridgehead atoms. The maximum Gasteiger partial charge on any atom is 0.302 e.